The lowest BCUT2D eigenvalue weighted by Crippen LogP contribution is -2.28. The standard InChI is InChI=1S/C25H14Cl3N3O2S/c26-17-7-4-8-18(27)23(17)21-10-9-16(33-21)13-22-24(32)31(15-5-2-1-3-6-15)25(34-22)30-20-11-12-29-14-19(20)28/h1-14H/b22-13+,30-25?. The normalized spacial score (nSPS) is 16.1. The van der Waals surface area contributed by atoms with E-state index >= 15 is 0 Å². The van der Waals surface area contributed by atoms with Gasteiger partial charge in [0.05, 0.1) is 36.9 Å². The Morgan fingerprint density at radius 1 is 0.912 bits per heavy atom. The number of carbonyl (C=O) groups excluding carboxylic acids is 1. The Kier molecular flexibility index (Phi) is 6.48. The van der Waals surface area contributed by atoms with E-state index in [0.29, 0.717) is 53.6 Å². The zero-order valence-electron chi connectivity index (χ0n) is 17.3. The van der Waals surface area contributed by atoms with Gasteiger partial charge in [-0.05, 0) is 54.2 Å². The Hall–Kier alpha value is -3.03. The Bertz CT molecular complexity index is 1430. The molecule has 0 radical (unpaired) electrons. The van der Waals surface area contributed by atoms with Gasteiger partial charge in [-0.25, -0.2) is 4.99 Å². The molecule has 168 valence electrons. The van der Waals surface area contributed by atoms with Crippen molar-refractivity contribution in [1.29, 1.82) is 0 Å². The number of benzene rings is 2. The van der Waals surface area contributed by atoms with Gasteiger partial charge in [0, 0.05) is 18.5 Å². The molecule has 0 spiro atoms. The maximum Gasteiger partial charge on any atom is 0.271 e. The maximum absolute atomic E-state index is 13.4. The van der Waals surface area contributed by atoms with Crippen molar-refractivity contribution >= 4 is 75.1 Å². The van der Waals surface area contributed by atoms with E-state index in [2.05, 4.69) is 9.98 Å². The molecule has 0 atom stereocenters. The summed E-state index contributed by atoms with van der Waals surface area (Å²) in [6.45, 7) is 0. The molecule has 1 aliphatic rings. The van der Waals surface area contributed by atoms with Gasteiger partial charge in [-0.2, -0.15) is 0 Å². The molecular formula is C25H14Cl3N3O2S. The first-order valence-corrected chi connectivity index (χ1v) is 12.0. The fourth-order valence-corrected chi connectivity index (χ4v) is 5.06. The minimum absolute atomic E-state index is 0.228. The van der Waals surface area contributed by atoms with E-state index < -0.39 is 0 Å². The van der Waals surface area contributed by atoms with Gasteiger partial charge in [-0.1, -0.05) is 59.1 Å². The fraction of sp³-hybridized carbons (Fsp3) is 0. The quantitative estimate of drug-likeness (QED) is 0.252. The molecular weight excluding hydrogens is 513 g/mol. The maximum atomic E-state index is 13.4. The second kappa shape index (κ2) is 9.68. The number of amides is 1. The molecule has 1 amide bonds. The van der Waals surface area contributed by atoms with Crippen LogP contribution in [0.3, 0.4) is 0 Å². The van der Waals surface area contributed by atoms with Crippen molar-refractivity contribution in [2.75, 3.05) is 4.90 Å². The van der Waals surface area contributed by atoms with E-state index in [0.717, 1.165) is 0 Å². The Morgan fingerprint density at radius 2 is 1.68 bits per heavy atom. The average Bonchev–Trinajstić information content (AvgIpc) is 3.40. The monoisotopic (exact) mass is 525 g/mol. The third-order valence-electron chi connectivity index (χ3n) is 4.90. The topological polar surface area (TPSA) is 58.7 Å². The molecule has 2 aromatic heterocycles. The Labute approximate surface area is 214 Å². The van der Waals surface area contributed by atoms with Crippen molar-refractivity contribution in [2.24, 2.45) is 4.99 Å². The molecule has 5 nitrogen and oxygen atoms in total. The van der Waals surface area contributed by atoms with E-state index in [1.807, 2.05) is 30.3 Å². The smallest absolute Gasteiger partial charge is 0.271 e. The molecule has 0 bridgehead atoms. The number of hydrogen-bond acceptors (Lipinski definition) is 5. The lowest BCUT2D eigenvalue weighted by Gasteiger charge is -2.15. The van der Waals surface area contributed by atoms with Crippen LogP contribution in [0.5, 0.6) is 0 Å². The highest BCUT2D eigenvalue weighted by molar-refractivity contribution is 8.19. The summed E-state index contributed by atoms with van der Waals surface area (Å²) in [5.41, 5.74) is 1.81. The van der Waals surface area contributed by atoms with Crippen molar-refractivity contribution in [3.8, 4) is 11.3 Å². The first kappa shape index (κ1) is 22.7. The van der Waals surface area contributed by atoms with Crippen molar-refractivity contribution in [3.05, 3.63) is 105 Å². The minimum Gasteiger partial charge on any atom is -0.457 e. The number of aliphatic imine (C=N–C) groups is 1. The summed E-state index contributed by atoms with van der Waals surface area (Å²) in [6, 6.07) is 19.8. The summed E-state index contributed by atoms with van der Waals surface area (Å²) < 4.78 is 5.96. The molecule has 3 heterocycles. The zero-order valence-corrected chi connectivity index (χ0v) is 20.4. The predicted octanol–water partition coefficient (Wildman–Crippen LogP) is 8.11. The van der Waals surface area contributed by atoms with Gasteiger partial charge in [-0.3, -0.25) is 14.7 Å². The lowest BCUT2D eigenvalue weighted by atomic mass is 10.2. The Balaban J connectivity index is 1.54. The van der Waals surface area contributed by atoms with Gasteiger partial charge in [0.25, 0.3) is 5.91 Å². The number of amidine groups is 1. The number of furan rings is 1. The molecule has 0 N–H and O–H groups in total. The van der Waals surface area contributed by atoms with E-state index in [1.165, 1.54) is 18.0 Å². The minimum atomic E-state index is -0.228. The highest BCUT2D eigenvalue weighted by atomic mass is 35.5. The van der Waals surface area contributed by atoms with Crippen LogP contribution in [0, 0.1) is 0 Å². The number of carbonyl (C=O) groups is 1. The van der Waals surface area contributed by atoms with Crippen molar-refractivity contribution < 1.29 is 9.21 Å². The van der Waals surface area contributed by atoms with Crippen LogP contribution in [0.1, 0.15) is 5.76 Å². The summed E-state index contributed by atoms with van der Waals surface area (Å²) in [7, 11) is 0. The predicted molar refractivity (Wildman–Crippen MR) is 140 cm³/mol. The summed E-state index contributed by atoms with van der Waals surface area (Å²) in [4.78, 5) is 24.0. The Morgan fingerprint density at radius 3 is 2.41 bits per heavy atom. The third kappa shape index (κ3) is 4.50. The van der Waals surface area contributed by atoms with E-state index in [1.54, 1.807) is 53.6 Å². The largest absolute Gasteiger partial charge is 0.457 e. The van der Waals surface area contributed by atoms with Gasteiger partial charge in [0.2, 0.25) is 0 Å². The van der Waals surface area contributed by atoms with Gasteiger partial charge < -0.3 is 4.42 Å². The molecule has 2 aromatic carbocycles. The number of halogens is 3. The van der Waals surface area contributed by atoms with Crippen LogP contribution in [0.4, 0.5) is 11.4 Å². The van der Waals surface area contributed by atoms with Gasteiger partial charge in [0.1, 0.15) is 11.5 Å². The van der Waals surface area contributed by atoms with Crippen LogP contribution >= 0.6 is 46.6 Å². The highest BCUT2D eigenvalue weighted by Crippen LogP contribution is 2.40. The molecule has 0 aliphatic carbocycles. The molecule has 5 rings (SSSR count). The molecule has 1 fully saturated rings. The summed E-state index contributed by atoms with van der Waals surface area (Å²) in [5.74, 6) is 0.766. The van der Waals surface area contributed by atoms with Crippen LogP contribution in [-0.4, -0.2) is 16.1 Å². The van der Waals surface area contributed by atoms with E-state index in [9.17, 15) is 4.79 Å². The van der Waals surface area contributed by atoms with Crippen LogP contribution in [0.15, 0.2) is 93.4 Å². The molecule has 9 heteroatoms. The van der Waals surface area contributed by atoms with E-state index in [4.69, 9.17) is 39.2 Å². The number of para-hydroxylation sites is 1. The number of thioether (sulfide) groups is 1. The number of pyridine rings is 1. The zero-order chi connectivity index (χ0) is 23.7. The van der Waals surface area contributed by atoms with E-state index in [-0.39, 0.29) is 5.91 Å². The first-order valence-electron chi connectivity index (χ1n) is 10.0. The fourth-order valence-electron chi connectivity index (χ4n) is 3.34. The van der Waals surface area contributed by atoms with Gasteiger partial charge >= 0.3 is 0 Å². The van der Waals surface area contributed by atoms with Crippen LogP contribution < -0.4 is 4.90 Å². The first-order chi connectivity index (χ1) is 16.5. The number of hydrogen-bond donors (Lipinski definition) is 0. The van der Waals surface area contributed by atoms with Crippen molar-refractivity contribution in [2.45, 2.75) is 0 Å². The summed E-state index contributed by atoms with van der Waals surface area (Å²) >= 11 is 20.1. The SMILES string of the molecule is O=C1/C(=C\c2ccc(-c3c(Cl)cccc3Cl)o2)SC(=Nc2ccncc2Cl)N1c1ccccc1. The second-order valence-electron chi connectivity index (χ2n) is 7.11. The van der Waals surface area contributed by atoms with Crippen molar-refractivity contribution in [3.63, 3.8) is 0 Å². The molecule has 0 saturated carbocycles. The van der Waals surface area contributed by atoms with Gasteiger partial charge in [-0.15, -0.1) is 0 Å². The van der Waals surface area contributed by atoms with Crippen LogP contribution in [0.2, 0.25) is 15.1 Å². The molecule has 34 heavy (non-hydrogen) atoms. The second-order valence-corrected chi connectivity index (χ2v) is 9.34. The average molecular weight is 527 g/mol. The molecule has 1 aliphatic heterocycles. The lowest BCUT2D eigenvalue weighted by molar-refractivity contribution is -0.113. The molecule has 4 aromatic rings. The molecule has 1 saturated heterocycles. The van der Waals surface area contributed by atoms with Gasteiger partial charge in [0.15, 0.2) is 5.17 Å². The van der Waals surface area contributed by atoms with Crippen LogP contribution in [0.25, 0.3) is 17.4 Å². The number of nitrogens with zero attached hydrogens (tertiary/aromatic N) is 3. The molecule has 0 unspecified atom stereocenters. The highest BCUT2D eigenvalue weighted by Gasteiger charge is 2.35. The third-order valence-corrected chi connectivity index (χ3v) is 6.79. The summed E-state index contributed by atoms with van der Waals surface area (Å²) in [5, 5.41) is 1.81. The number of aromatic nitrogens is 1. The number of anilines is 1. The van der Waals surface area contributed by atoms with Crippen molar-refractivity contribution in [1.82, 2.24) is 4.98 Å². The number of rotatable bonds is 4. The summed E-state index contributed by atoms with van der Waals surface area (Å²) in [6.07, 6.45) is 4.78. The van der Waals surface area contributed by atoms with Crippen LogP contribution in [-0.2, 0) is 4.79 Å².